The number of aromatic amines is 1. The molecule has 3 aromatic rings. The van der Waals surface area contributed by atoms with E-state index in [9.17, 15) is 4.79 Å². The van der Waals surface area contributed by atoms with Crippen LogP contribution in [0.15, 0.2) is 58.2 Å². The summed E-state index contributed by atoms with van der Waals surface area (Å²) in [6.45, 7) is 2.46. The molecular formula is C17H16N4O3. The highest BCUT2D eigenvalue weighted by molar-refractivity contribution is 5.94. The first-order valence-corrected chi connectivity index (χ1v) is 7.42. The zero-order valence-corrected chi connectivity index (χ0v) is 13.0. The topological polar surface area (TPSA) is 92.5 Å². The van der Waals surface area contributed by atoms with Gasteiger partial charge in [0.25, 0.3) is 5.91 Å². The lowest BCUT2D eigenvalue weighted by molar-refractivity contribution is 0.0950. The molecular weight excluding hydrogens is 308 g/mol. The molecule has 2 N–H and O–H groups in total. The van der Waals surface area contributed by atoms with Gasteiger partial charge in [0, 0.05) is 11.6 Å². The van der Waals surface area contributed by atoms with E-state index < -0.39 is 5.91 Å². The lowest BCUT2D eigenvalue weighted by atomic mass is 10.2. The molecule has 0 aliphatic rings. The van der Waals surface area contributed by atoms with Gasteiger partial charge in [-0.3, -0.25) is 9.89 Å². The number of ether oxygens (including phenoxy) is 1. The van der Waals surface area contributed by atoms with Gasteiger partial charge in [0.05, 0.1) is 19.1 Å². The highest BCUT2D eigenvalue weighted by atomic mass is 16.5. The number of rotatable bonds is 6. The molecule has 0 unspecified atom stereocenters. The lowest BCUT2D eigenvalue weighted by Gasteiger charge is -2.05. The summed E-state index contributed by atoms with van der Waals surface area (Å²) < 4.78 is 10.7. The first-order valence-electron chi connectivity index (χ1n) is 7.42. The van der Waals surface area contributed by atoms with Gasteiger partial charge in [0.1, 0.15) is 11.4 Å². The van der Waals surface area contributed by atoms with Gasteiger partial charge in [-0.15, -0.1) is 0 Å². The van der Waals surface area contributed by atoms with Gasteiger partial charge in [-0.2, -0.15) is 10.2 Å². The maximum atomic E-state index is 12.1. The van der Waals surface area contributed by atoms with Crippen LogP contribution >= 0.6 is 0 Å². The van der Waals surface area contributed by atoms with Crippen LogP contribution < -0.4 is 10.2 Å². The van der Waals surface area contributed by atoms with Crippen LogP contribution in [0.4, 0.5) is 0 Å². The van der Waals surface area contributed by atoms with Crippen molar-refractivity contribution in [1.82, 2.24) is 15.6 Å². The van der Waals surface area contributed by atoms with E-state index in [1.54, 1.807) is 24.5 Å². The van der Waals surface area contributed by atoms with Crippen LogP contribution in [0.1, 0.15) is 23.0 Å². The Bertz CT molecular complexity index is 837. The Morgan fingerprint density at radius 3 is 3.04 bits per heavy atom. The number of carbonyl (C=O) groups is 1. The summed E-state index contributed by atoms with van der Waals surface area (Å²) in [6.07, 6.45) is 3.08. The Labute approximate surface area is 138 Å². The number of H-pyrrole nitrogens is 1. The maximum absolute atomic E-state index is 12.1. The van der Waals surface area contributed by atoms with E-state index in [2.05, 4.69) is 20.7 Å². The van der Waals surface area contributed by atoms with Crippen LogP contribution in [0.25, 0.3) is 11.5 Å². The van der Waals surface area contributed by atoms with E-state index in [-0.39, 0.29) is 5.69 Å². The molecule has 7 nitrogen and oxygen atoms in total. The SMILES string of the molecule is CCOc1ccccc1/C=N\NC(=O)c1cc(-c2ccco2)[nH]n1. The summed E-state index contributed by atoms with van der Waals surface area (Å²) in [5.41, 5.74) is 4.05. The van der Waals surface area contributed by atoms with Gasteiger partial charge in [0.15, 0.2) is 11.5 Å². The van der Waals surface area contributed by atoms with Crippen molar-refractivity contribution < 1.29 is 13.9 Å². The Morgan fingerprint density at radius 1 is 1.38 bits per heavy atom. The number of hydrogen-bond acceptors (Lipinski definition) is 5. The molecule has 0 saturated heterocycles. The van der Waals surface area contributed by atoms with Gasteiger partial charge in [-0.1, -0.05) is 12.1 Å². The van der Waals surface area contributed by atoms with Gasteiger partial charge >= 0.3 is 0 Å². The third-order valence-corrected chi connectivity index (χ3v) is 3.19. The van der Waals surface area contributed by atoms with Crippen molar-refractivity contribution in [2.24, 2.45) is 5.10 Å². The molecule has 122 valence electrons. The van der Waals surface area contributed by atoms with Crippen molar-refractivity contribution >= 4 is 12.1 Å². The average Bonchev–Trinajstić information content (AvgIpc) is 3.28. The minimum atomic E-state index is -0.422. The van der Waals surface area contributed by atoms with E-state index in [1.165, 1.54) is 6.21 Å². The van der Waals surface area contributed by atoms with Gasteiger partial charge in [-0.25, -0.2) is 5.43 Å². The fourth-order valence-corrected chi connectivity index (χ4v) is 2.09. The van der Waals surface area contributed by atoms with Gasteiger partial charge in [0.2, 0.25) is 0 Å². The van der Waals surface area contributed by atoms with E-state index in [0.29, 0.717) is 23.8 Å². The largest absolute Gasteiger partial charge is 0.493 e. The smallest absolute Gasteiger partial charge is 0.291 e. The summed E-state index contributed by atoms with van der Waals surface area (Å²) in [4.78, 5) is 12.1. The third kappa shape index (κ3) is 3.52. The predicted octanol–water partition coefficient (Wildman–Crippen LogP) is 2.83. The van der Waals surface area contributed by atoms with Crippen LogP contribution in [0, 0.1) is 0 Å². The van der Waals surface area contributed by atoms with Gasteiger partial charge < -0.3 is 9.15 Å². The first kappa shape index (κ1) is 15.5. The second kappa shape index (κ2) is 7.28. The normalized spacial score (nSPS) is 10.9. The van der Waals surface area contributed by atoms with Crippen molar-refractivity contribution in [2.45, 2.75) is 6.92 Å². The van der Waals surface area contributed by atoms with Crippen molar-refractivity contribution in [2.75, 3.05) is 6.61 Å². The molecule has 2 aromatic heterocycles. The maximum Gasteiger partial charge on any atom is 0.291 e. The van der Waals surface area contributed by atoms with Crippen molar-refractivity contribution in [3.63, 3.8) is 0 Å². The van der Waals surface area contributed by atoms with E-state index in [0.717, 1.165) is 5.56 Å². The monoisotopic (exact) mass is 324 g/mol. The highest BCUT2D eigenvalue weighted by Gasteiger charge is 2.12. The van der Waals surface area contributed by atoms with Crippen LogP contribution in [0.2, 0.25) is 0 Å². The standard InChI is InChI=1S/C17H16N4O3/c1-2-23-15-7-4-3-6-12(15)11-18-21-17(22)14-10-13(19-20-14)16-8-5-9-24-16/h3-11H,2H2,1H3,(H,19,20)(H,21,22)/b18-11-. The lowest BCUT2D eigenvalue weighted by Crippen LogP contribution is -2.18. The fraction of sp³-hybridized carbons (Fsp3) is 0.118. The first-order chi connectivity index (χ1) is 11.8. The summed E-state index contributed by atoms with van der Waals surface area (Å²) in [5.74, 6) is 0.891. The van der Waals surface area contributed by atoms with Crippen LogP contribution in [-0.2, 0) is 0 Å². The number of para-hydroxylation sites is 1. The Morgan fingerprint density at radius 2 is 2.25 bits per heavy atom. The van der Waals surface area contributed by atoms with Crippen LogP contribution in [0.5, 0.6) is 5.75 Å². The molecule has 0 fully saturated rings. The second-order valence-electron chi connectivity index (χ2n) is 4.81. The minimum absolute atomic E-state index is 0.219. The Kier molecular flexibility index (Phi) is 4.71. The Balaban J connectivity index is 1.65. The number of aromatic nitrogens is 2. The number of amides is 1. The fourth-order valence-electron chi connectivity index (χ4n) is 2.09. The molecule has 0 radical (unpaired) electrons. The molecule has 0 atom stereocenters. The van der Waals surface area contributed by atoms with Crippen molar-refractivity contribution in [3.8, 4) is 17.2 Å². The van der Waals surface area contributed by atoms with Crippen molar-refractivity contribution in [3.05, 3.63) is 60.0 Å². The number of benzene rings is 1. The minimum Gasteiger partial charge on any atom is -0.493 e. The van der Waals surface area contributed by atoms with E-state index >= 15 is 0 Å². The summed E-state index contributed by atoms with van der Waals surface area (Å²) in [5, 5.41) is 10.6. The molecule has 1 amide bonds. The average molecular weight is 324 g/mol. The zero-order chi connectivity index (χ0) is 16.8. The number of nitrogens with one attached hydrogen (secondary N) is 2. The number of hydrogen-bond donors (Lipinski definition) is 2. The van der Waals surface area contributed by atoms with Crippen LogP contribution in [0.3, 0.4) is 0 Å². The van der Waals surface area contributed by atoms with Gasteiger partial charge in [-0.05, 0) is 31.2 Å². The molecule has 3 rings (SSSR count). The number of hydrazone groups is 1. The summed E-state index contributed by atoms with van der Waals surface area (Å²) in [7, 11) is 0. The molecule has 1 aromatic carbocycles. The number of furan rings is 1. The quantitative estimate of drug-likeness (QED) is 0.538. The molecule has 24 heavy (non-hydrogen) atoms. The molecule has 0 bridgehead atoms. The summed E-state index contributed by atoms with van der Waals surface area (Å²) in [6, 6.07) is 12.6. The molecule has 7 heteroatoms. The zero-order valence-electron chi connectivity index (χ0n) is 13.0. The molecule has 2 heterocycles. The van der Waals surface area contributed by atoms with E-state index in [1.807, 2.05) is 31.2 Å². The predicted molar refractivity (Wildman–Crippen MR) is 89.0 cm³/mol. The number of carbonyl (C=O) groups excluding carboxylic acids is 1. The summed E-state index contributed by atoms with van der Waals surface area (Å²) >= 11 is 0. The number of nitrogens with zero attached hydrogens (tertiary/aromatic N) is 2. The van der Waals surface area contributed by atoms with Crippen LogP contribution in [-0.4, -0.2) is 28.9 Å². The molecule has 0 saturated carbocycles. The molecule has 0 aliphatic carbocycles. The van der Waals surface area contributed by atoms with E-state index in [4.69, 9.17) is 9.15 Å². The molecule has 0 aliphatic heterocycles. The Hall–Kier alpha value is -3.35. The van der Waals surface area contributed by atoms with Crippen molar-refractivity contribution in [1.29, 1.82) is 0 Å². The third-order valence-electron chi connectivity index (χ3n) is 3.19. The molecule has 0 spiro atoms. The second-order valence-corrected chi connectivity index (χ2v) is 4.81. The highest BCUT2D eigenvalue weighted by Crippen LogP contribution is 2.18.